The average molecular weight is 249 g/mol. The molecule has 0 bridgehead atoms. The fraction of sp³-hybridized carbons (Fsp3) is 0.385. The lowest BCUT2D eigenvalue weighted by Gasteiger charge is -2.19. The Kier molecular flexibility index (Phi) is 5.17. The van der Waals surface area contributed by atoms with Crippen LogP contribution >= 0.6 is 0 Å². The SMILES string of the molecule is CCN(CC)C(=O)NCc1cccc(C(N)=O)c1. The molecule has 0 fully saturated rings. The predicted octanol–water partition coefficient (Wildman–Crippen LogP) is 1.34. The van der Waals surface area contributed by atoms with Crippen molar-refractivity contribution in [2.75, 3.05) is 13.1 Å². The number of benzene rings is 1. The normalized spacial score (nSPS) is 9.89. The monoisotopic (exact) mass is 249 g/mol. The number of urea groups is 1. The molecule has 0 atom stereocenters. The van der Waals surface area contributed by atoms with E-state index >= 15 is 0 Å². The molecule has 0 spiro atoms. The van der Waals surface area contributed by atoms with Gasteiger partial charge in [0.2, 0.25) is 5.91 Å². The summed E-state index contributed by atoms with van der Waals surface area (Å²) < 4.78 is 0. The first-order chi connectivity index (χ1) is 8.58. The Morgan fingerprint density at radius 2 is 1.94 bits per heavy atom. The Bertz CT molecular complexity index is 428. The number of nitrogens with zero attached hydrogens (tertiary/aromatic N) is 1. The predicted molar refractivity (Wildman–Crippen MR) is 70.1 cm³/mol. The molecular weight excluding hydrogens is 230 g/mol. The van der Waals surface area contributed by atoms with Gasteiger partial charge in [0.25, 0.3) is 0 Å². The zero-order valence-electron chi connectivity index (χ0n) is 10.8. The molecule has 3 N–H and O–H groups in total. The van der Waals surface area contributed by atoms with E-state index in [0.29, 0.717) is 25.2 Å². The molecule has 0 saturated heterocycles. The summed E-state index contributed by atoms with van der Waals surface area (Å²) in [5, 5.41) is 2.80. The summed E-state index contributed by atoms with van der Waals surface area (Å²) in [5.74, 6) is -0.466. The Hall–Kier alpha value is -2.04. The molecule has 0 heterocycles. The zero-order valence-corrected chi connectivity index (χ0v) is 10.8. The molecule has 18 heavy (non-hydrogen) atoms. The summed E-state index contributed by atoms with van der Waals surface area (Å²) in [6.45, 7) is 5.58. The Balaban J connectivity index is 2.61. The zero-order chi connectivity index (χ0) is 13.5. The largest absolute Gasteiger partial charge is 0.366 e. The fourth-order valence-corrected chi connectivity index (χ4v) is 1.63. The number of amides is 3. The van der Waals surface area contributed by atoms with E-state index in [1.807, 2.05) is 19.9 Å². The van der Waals surface area contributed by atoms with Gasteiger partial charge in [-0.25, -0.2) is 4.79 Å². The Labute approximate surface area is 107 Å². The van der Waals surface area contributed by atoms with E-state index < -0.39 is 5.91 Å². The molecule has 0 aliphatic rings. The van der Waals surface area contributed by atoms with Gasteiger partial charge in [0.05, 0.1) is 0 Å². The molecule has 0 unspecified atom stereocenters. The minimum atomic E-state index is -0.466. The molecule has 1 rings (SSSR count). The van der Waals surface area contributed by atoms with E-state index in [4.69, 9.17) is 5.73 Å². The maximum absolute atomic E-state index is 11.7. The highest BCUT2D eigenvalue weighted by atomic mass is 16.2. The first-order valence-corrected chi connectivity index (χ1v) is 6.00. The van der Waals surface area contributed by atoms with Crippen LogP contribution in [0.1, 0.15) is 29.8 Å². The van der Waals surface area contributed by atoms with Crippen molar-refractivity contribution in [1.29, 1.82) is 0 Å². The van der Waals surface area contributed by atoms with Gasteiger partial charge in [-0.1, -0.05) is 12.1 Å². The van der Waals surface area contributed by atoms with E-state index in [-0.39, 0.29) is 6.03 Å². The topological polar surface area (TPSA) is 75.4 Å². The first-order valence-electron chi connectivity index (χ1n) is 6.00. The van der Waals surface area contributed by atoms with E-state index in [1.54, 1.807) is 23.1 Å². The van der Waals surface area contributed by atoms with Crippen LogP contribution in [0.25, 0.3) is 0 Å². The highest BCUT2D eigenvalue weighted by Gasteiger charge is 2.08. The van der Waals surface area contributed by atoms with Gasteiger partial charge >= 0.3 is 6.03 Å². The number of nitrogens with one attached hydrogen (secondary N) is 1. The van der Waals surface area contributed by atoms with Crippen molar-refractivity contribution >= 4 is 11.9 Å². The highest BCUT2D eigenvalue weighted by Crippen LogP contribution is 2.04. The van der Waals surface area contributed by atoms with Crippen LogP contribution in [0.2, 0.25) is 0 Å². The minimum absolute atomic E-state index is 0.107. The lowest BCUT2D eigenvalue weighted by atomic mass is 10.1. The van der Waals surface area contributed by atoms with Crippen molar-refractivity contribution < 1.29 is 9.59 Å². The van der Waals surface area contributed by atoms with Crippen molar-refractivity contribution in [2.24, 2.45) is 5.73 Å². The van der Waals surface area contributed by atoms with Crippen molar-refractivity contribution in [3.8, 4) is 0 Å². The summed E-state index contributed by atoms with van der Waals surface area (Å²) in [7, 11) is 0. The highest BCUT2D eigenvalue weighted by molar-refractivity contribution is 5.92. The standard InChI is InChI=1S/C13H19N3O2/c1-3-16(4-2)13(18)15-9-10-6-5-7-11(8-10)12(14)17/h5-8H,3-4,9H2,1-2H3,(H2,14,17)(H,15,18). The maximum Gasteiger partial charge on any atom is 0.317 e. The number of rotatable bonds is 5. The maximum atomic E-state index is 11.7. The smallest absolute Gasteiger partial charge is 0.317 e. The van der Waals surface area contributed by atoms with Gasteiger partial charge in [0.1, 0.15) is 0 Å². The molecule has 5 heteroatoms. The van der Waals surface area contributed by atoms with E-state index in [2.05, 4.69) is 5.32 Å². The average Bonchev–Trinajstić information content (AvgIpc) is 2.38. The number of nitrogens with two attached hydrogens (primary N) is 1. The molecule has 0 aliphatic heterocycles. The number of hydrogen-bond donors (Lipinski definition) is 2. The lowest BCUT2D eigenvalue weighted by Crippen LogP contribution is -2.39. The molecule has 98 valence electrons. The van der Waals surface area contributed by atoms with Crippen LogP contribution in [-0.2, 0) is 6.54 Å². The summed E-state index contributed by atoms with van der Waals surface area (Å²) in [6.07, 6.45) is 0. The van der Waals surface area contributed by atoms with Crippen molar-refractivity contribution in [3.05, 3.63) is 35.4 Å². The van der Waals surface area contributed by atoms with Crippen molar-refractivity contribution in [2.45, 2.75) is 20.4 Å². The second-order valence-electron chi connectivity index (χ2n) is 3.90. The second kappa shape index (κ2) is 6.64. The van der Waals surface area contributed by atoms with Crippen molar-refractivity contribution in [1.82, 2.24) is 10.2 Å². The summed E-state index contributed by atoms with van der Waals surface area (Å²) in [6, 6.07) is 6.82. The van der Waals surface area contributed by atoms with Crippen LogP contribution in [0.5, 0.6) is 0 Å². The third-order valence-corrected chi connectivity index (χ3v) is 2.71. The van der Waals surface area contributed by atoms with Gasteiger partial charge in [-0.05, 0) is 31.5 Å². The summed E-state index contributed by atoms with van der Waals surface area (Å²) >= 11 is 0. The molecule has 5 nitrogen and oxygen atoms in total. The second-order valence-corrected chi connectivity index (χ2v) is 3.90. The molecule has 0 aromatic heterocycles. The van der Waals surface area contributed by atoms with Crippen LogP contribution in [0.4, 0.5) is 4.79 Å². The Morgan fingerprint density at radius 1 is 1.28 bits per heavy atom. The van der Waals surface area contributed by atoms with E-state index in [1.165, 1.54) is 0 Å². The van der Waals surface area contributed by atoms with Crippen LogP contribution in [-0.4, -0.2) is 29.9 Å². The first kappa shape index (κ1) is 14.0. The summed E-state index contributed by atoms with van der Waals surface area (Å²) in [5.41, 5.74) is 6.50. The number of carbonyl (C=O) groups excluding carboxylic acids is 2. The van der Waals surface area contributed by atoms with Gasteiger partial charge in [0.15, 0.2) is 0 Å². The molecular formula is C13H19N3O2. The quantitative estimate of drug-likeness (QED) is 0.826. The number of primary amides is 1. The molecule has 1 aromatic carbocycles. The third kappa shape index (κ3) is 3.76. The van der Waals surface area contributed by atoms with E-state index in [0.717, 1.165) is 5.56 Å². The molecule has 1 aromatic rings. The third-order valence-electron chi connectivity index (χ3n) is 2.71. The Morgan fingerprint density at radius 3 is 2.50 bits per heavy atom. The fourth-order valence-electron chi connectivity index (χ4n) is 1.63. The molecule has 0 aliphatic carbocycles. The van der Waals surface area contributed by atoms with Gasteiger partial charge in [0, 0.05) is 25.2 Å². The molecule has 0 saturated carbocycles. The minimum Gasteiger partial charge on any atom is -0.366 e. The molecule has 0 radical (unpaired) electrons. The van der Waals surface area contributed by atoms with Crippen molar-refractivity contribution in [3.63, 3.8) is 0 Å². The number of hydrogen-bond acceptors (Lipinski definition) is 2. The van der Waals surface area contributed by atoms with Gasteiger partial charge in [-0.2, -0.15) is 0 Å². The van der Waals surface area contributed by atoms with Gasteiger partial charge < -0.3 is 16.0 Å². The molecule has 3 amide bonds. The van der Waals surface area contributed by atoms with Crippen LogP contribution in [0.3, 0.4) is 0 Å². The van der Waals surface area contributed by atoms with Crippen LogP contribution in [0, 0.1) is 0 Å². The summed E-state index contributed by atoms with van der Waals surface area (Å²) in [4.78, 5) is 24.4. The van der Waals surface area contributed by atoms with Crippen LogP contribution < -0.4 is 11.1 Å². The van der Waals surface area contributed by atoms with Gasteiger partial charge in [-0.15, -0.1) is 0 Å². The van der Waals surface area contributed by atoms with E-state index in [9.17, 15) is 9.59 Å². The number of carbonyl (C=O) groups is 2. The van der Waals surface area contributed by atoms with Crippen LogP contribution in [0.15, 0.2) is 24.3 Å². The lowest BCUT2D eigenvalue weighted by molar-refractivity contribution is 0.1000. The van der Waals surface area contributed by atoms with Gasteiger partial charge in [-0.3, -0.25) is 4.79 Å².